The van der Waals surface area contributed by atoms with E-state index in [4.69, 9.17) is 13.9 Å². The van der Waals surface area contributed by atoms with Crippen molar-refractivity contribution in [3.63, 3.8) is 0 Å². The first-order valence-electron chi connectivity index (χ1n) is 5.90. The summed E-state index contributed by atoms with van der Waals surface area (Å²) in [5.74, 6) is -0.0604. The average Bonchev–Trinajstić information content (AvgIpc) is 2.36. The van der Waals surface area contributed by atoms with Crippen molar-refractivity contribution in [1.82, 2.24) is 0 Å². The molecule has 6 nitrogen and oxygen atoms in total. The summed E-state index contributed by atoms with van der Waals surface area (Å²) in [5, 5.41) is 0. The molecule has 0 spiro atoms. The van der Waals surface area contributed by atoms with Crippen LogP contribution in [0.1, 0.15) is 26.7 Å². The van der Waals surface area contributed by atoms with E-state index < -0.39 is 20.8 Å². The zero-order chi connectivity index (χ0) is 14.2. The first kappa shape index (κ1) is 16.4. The van der Waals surface area contributed by atoms with Gasteiger partial charge < -0.3 is 18.8 Å². The molecule has 2 N–H and O–H groups in total. The fraction of sp³-hybridized carbons (Fsp3) is 1.00. The van der Waals surface area contributed by atoms with E-state index in [0.717, 1.165) is 26.2 Å². The van der Waals surface area contributed by atoms with Gasteiger partial charge in [0.2, 0.25) is 0 Å². The van der Waals surface area contributed by atoms with Crippen molar-refractivity contribution in [3.05, 3.63) is 0 Å². The third-order valence-corrected chi connectivity index (χ3v) is 4.98. The molecule has 0 aliphatic heterocycles. The summed E-state index contributed by atoms with van der Waals surface area (Å²) in [6, 6.07) is 0. The number of hydrogen-bond acceptors (Lipinski definition) is 4. The monoisotopic (exact) mass is 300 g/mol. The quantitative estimate of drug-likeness (QED) is 0.758. The van der Waals surface area contributed by atoms with Crippen LogP contribution >= 0.6 is 15.2 Å². The van der Waals surface area contributed by atoms with Crippen LogP contribution in [0.25, 0.3) is 0 Å². The van der Waals surface area contributed by atoms with Gasteiger partial charge in [-0.25, -0.2) is 0 Å². The van der Waals surface area contributed by atoms with Crippen molar-refractivity contribution in [1.29, 1.82) is 0 Å². The molecule has 0 amide bonds. The van der Waals surface area contributed by atoms with Crippen LogP contribution in [0.3, 0.4) is 0 Å². The molecular formula is C10H22O6P2. The molecular weight excluding hydrogens is 278 g/mol. The molecule has 3 unspecified atom stereocenters. The topological polar surface area (TPSA) is 93.1 Å². The third kappa shape index (κ3) is 4.44. The molecule has 1 saturated carbocycles. The molecule has 1 aliphatic carbocycles. The minimum atomic E-state index is -3.61. The Morgan fingerprint density at radius 2 is 1.78 bits per heavy atom. The van der Waals surface area contributed by atoms with E-state index in [0.29, 0.717) is 0 Å². The Morgan fingerprint density at radius 3 is 2.22 bits per heavy atom. The predicted molar refractivity (Wildman–Crippen MR) is 68.8 cm³/mol. The number of rotatable bonds is 5. The van der Waals surface area contributed by atoms with Gasteiger partial charge in [-0.05, 0) is 25.7 Å². The zero-order valence-corrected chi connectivity index (χ0v) is 13.0. The highest BCUT2D eigenvalue weighted by molar-refractivity contribution is 7.52. The lowest BCUT2D eigenvalue weighted by Gasteiger charge is -2.36. The maximum atomic E-state index is 11.5. The van der Waals surface area contributed by atoms with Crippen molar-refractivity contribution < 1.29 is 28.0 Å². The van der Waals surface area contributed by atoms with E-state index >= 15 is 0 Å². The summed E-state index contributed by atoms with van der Waals surface area (Å²) < 4.78 is 32.9. The summed E-state index contributed by atoms with van der Waals surface area (Å²) in [6.45, 7) is 6.05. The van der Waals surface area contributed by atoms with Crippen LogP contribution in [-0.2, 0) is 18.2 Å². The van der Waals surface area contributed by atoms with Gasteiger partial charge in [-0.3, -0.25) is 9.13 Å². The molecule has 8 heteroatoms. The Bertz CT molecular complexity index is 386. The van der Waals surface area contributed by atoms with Gasteiger partial charge in [-0.1, -0.05) is 6.92 Å². The van der Waals surface area contributed by atoms with Gasteiger partial charge in [0.25, 0.3) is 0 Å². The normalized spacial score (nSPS) is 39.2. The van der Waals surface area contributed by atoms with Gasteiger partial charge in [0.15, 0.2) is 0 Å². The molecule has 0 aromatic heterocycles. The second kappa shape index (κ2) is 5.35. The Labute approximate surface area is 108 Å². The largest absolute Gasteiger partial charge is 0.325 e. The van der Waals surface area contributed by atoms with Gasteiger partial charge >= 0.3 is 15.2 Å². The number of hydrogen-bond donors (Lipinski definition) is 2. The smallest absolute Gasteiger partial charge is 0.324 e. The van der Waals surface area contributed by atoms with Crippen molar-refractivity contribution in [2.75, 3.05) is 19.9 Å². The minimum absolute atomic E-state index is 0.0606. The van der Waals surface area contributed by atoms with E-state index in [1.54, 1.807) is 6.92 Å². The van der Waals surface area contributed by atoms with Gasteiger partial charge in [0.05, 0.1) is 12.2 Å². The Hall–Kier alpha value is 0.300. The third-order valence-electron chi connectivity index (χ3n) is 3.62. The minimum Gasteiger partial charge on any atom is -0.324 e. The highest BCUT2D eigenvalue weighted by Gasteiger charge is 2.48. The molecule has 5 atom stereocenters. The first-order chi connectivity index (χ1) is 7.94. The molecule has 0 bridgehead atoms. The van der Waals surface area contributed by atoms with Crippen molar-refractivity contribution in [2.45, 2.75) is 32.3 Å². The second-order valence-corrected chi connectivity index (χ2v) is 9.00. The molecule has 0 radical (unpaired) electrons. The molecule has 0 aromatic rings. The lowest BCUT2D eigenvalue weighted by Crippen LogP contribution is -2.39. The van der Waals surface area contributed by atoms with Crippen LogP contribution in [-0.4, -0.2) is 35.3 Å². The highest BCUT2D eigenvalue weighted by Crippen LogP contribution is 2.53. The van der Waals surface area contributed by atoms with E-state index in [1.807, 2.05) is 6.92 Å². The van der Waals surface area contributed by atoms with Gasteiger partial charge in [-0.2, -0.15) is 0 Å². The predicted octanol–water partition coefficient (Wildman–Crippen LogP) is 2.45. The second-order valence-electron chi connectivity index (χ2n) is 5.35. The van der Waals surface area contributed by atoms with Crippen molar-refractivity contribution in [3.8, 4) is 0 Å². The summed E-state index contributed by atoms with van der Waals surface area (Å²) in [5.41, 5.74) is -0.797. The summed E-state index contributed by atoms with van der Waals surface area (Å²) in [6.07, 6.45) is 1.58. The summed E-state index contributed by atoms with van der Waals surface area (Å²) >= 11 is 0. The summed E-state index contributed by atoms with van der Waals surface area (Å²) in [4.78, 5) is 18.5. The molecule has 1 rings (SSSR count). The molecule has 0 aromatic carbocycles. The van der Waals surface area contributed by atoms with Crippen LogP contribution < -0.4 is 0 Å². The standard InChI is InChI=1S/C10H22O6P2/c1-8-5-6-9(7-15-17(3,11)12)10(8,2)16-18(4,13)14/h8-9H,5-7H2,1-4H3,(H,11,12)(H,13,14)/t8-,9-,10?/m1/s1. The van der Waals surface area contributed by atoms with Crippen molar-refractivity contribution >= 4 is 15.2 Å². The molecule has 1 fully saturated rings. The fourth-order valence-corrected chi connectivity index (χ4v) is 3.95. The average molecular weight is 300 g/mol. The molecule has 108 valence electrons. The van der Waals surface area contributed by atoms with Crippen LogP contribution in [0.15, 0.2) is 0 Å². The highest BCUT2D eigenvalue weighted by atomic mass is 31.2. The Morgan fingerprint density at radius 1 is 1.22 bits per heavy atom. The Balaban J connectivity index is 2.78. The van der Waals surface area contributed by atoms with Crippen LogP contribution in [0, 0.1) is 11.8 Å². The first-order valence-corrected chi connectivity index (χ1v) is 9.95. The SMILES string of the molecule is C[C@@H]1CC[C@H](COP(C)(=O)O)C1(C)OP(C)(=O)O. The van der Waals surface area contributed by atoms with Gasteiger partial charge in [-0.15, -0.1) is 0 Å². The van der Waals surface area contributed by atoms with E-state index in [9.17, 15) is 14.0 Å². The Kier molecular flexibility index (Phi) is 4.86. The maximum Gasteiger partial charge on any atom is 0.325 e. The van der Waals surface area contributed by atoms with Gasteiger partial charge in [0.1, 0.15) is 0 Å². The molecule has 18 heavy (non-hydrogen) atoms. The molecule has 0 saturated heterocycles. The fourth-order valence-electron chi connectivity index (χ4n) is 2.43. The molecule has 0 heterocycles. The maximum absolute atomic E-state index is 11.5. The van der Waals surface area contributed by atoms with E-state index in [2.05, 4.69) is 0 Å². The lowest BCUT2D eigenvalue weighted by molar-refractivity contribution is -0.0109. The van der Waals surface area contributed by atoms with Crippen LogP contribution in [0.2, 0.25) is 0 Å². The van der Waals surface area contributed by atoms with E-state index in [1.165, 1.54) is 0 Å². The van der Waals surface area contributed by atoms with Crippen molar-refractivity contribution in [2.24, 2.45) is 11.8 Å². The van der Waals surface area contributed by atoms with Gasteiger partial charge in [0, 0.05) is 19.2 Å². The zero-order valence-electron chi connectivity index (χ0n) is 11.2. The molecule has 1 aliphatic rings. The van der Waals surface area contributed by atoms with Crippen LogP contribution in [0.5, 0.6) is 0 Å². The lowest BCUT2D eigenvalue weighted by atomic mass is 9.88. The van der Waals surface area contributed by atoms with E-state index in [-0.39, 0.29) is 18.4 Å². The van der Waals surface area contributed by atoms with Crippen LogP contribution in [0.4, 0.5) is 0 Å². The summed E-state index contributed by atoms with van der Waals surface area (Å²) in [7, 11) is -7.14.